The molecule has 4 aliphatic carbocycles. The van der Waals surface area contributed by atoms with Gasteiger partial charge in [-0.05, 0) is 0 Å². The zero-order chi connectivity index (χ0) is 14.1. The van der Waals surface area contributed by atoms with Gasteiger partial charge in [-0.2, -0.15) is 0 Å². The largest absolute Gasteiger partial charge is 1.00 e. The Morgan fingerprint density at radius 1 is 0.478 bits per heavy atom. The minimum Gasteiger partial charge on any atom is -1.00 e. The summed E-state index contributed by atoms with van der Waals surface area (Å²) in [7, 11) is 0. The zero-order valence-electron chi connectivity index (χ0n) is 13.0. The first-order chi connectivity index (χ1) is 10.4. The molecule has 0 unspecified atom stereocenters. The summed E-state index contributed by atoms with van der Waals surface area (Å²) in [5, 5.41) is 0. The topological polar surface area (TPSA) is 0 Å². The van der Waals surface area contributed by atoms with Crippen LogP contribution in [0.3, 0.4) is 0 Å². The van der Waals surface area contributed by atoms with Crippen LogP contribution in [0.5, 0.6) is 0 Å². The van der Waals surface area contributed by atoms with Gasteiger partial charge in [0.15, 0.2) is 0 Å². The van der Waals surface area contributed by atoms with E-state index in [1.54, 1.807) is 13.1 Å². The molecule has 0 heterocycles. The molecule has 0 saturated carbocycles. The SMILES string of the molecule is C1=CC[C]([Zr+2]([C]2=CC=CC2)([C]2=CC=CC2)[C]2=CC=CC2)=C1.[Cl-].[Cl-]. The van der Waals surface area contributed by atoms with Crippen molar-refractivity contribution >= 4 is 0 Å². The molecule has 0 spiro atoms. The predicted molar refractivity (Wildman–Crippen MR) is 87.4 cm³/mol. The number of rotatable bonds is 4. The first kappa shape index (κ1) is 18.7. The van der Waals surface area contributed by atoms with Crippen molar-refractivity contribution in [2.75, 3.05) is 0 Å². The van der Waals surface area contributed by atoms with E-state index in [9.17, 15) is 0 Å². The number of hydrogen-bond donors (Lipinski definition) is 0. The third-order valence-corrected chi connectivity index (χ3v) is 18.1. The molecule has 4 rings (SSSR count). The number of hydrogen-bond acceptors (Lipinski definition) is 0. The third kappa shape index (κ3) is 3.04. The smallest absolute Gasteiger partial charge is 1.00 e. The van der Waals surface area contributed by atoms with Crippen molar-refractivity contribution in [2.45, 2.75) is 25.7 Å². The molecule has 118 valence electrons. The molecule has 0 nitrogen and oxygen atoms in total. The van der Waals surface area contributed by atoms with Crippen LogP contribution in [0.1, 0.15) is 25.7 Å². The molecule has 0 bridgehead atoms. The monoisotopic (exact) mass is 420 g/mol. The molecule has 0 atom stereocenters. The summed E-state index contributed by atoms with van der Waals surface area (Å²) in [5.74, 6) is 0. The van der Waals surface area contributed by atoms with E-state index >= 15 is 0 Å². The van der Waals surface area contributed by atoms with Crippen molar-refractivity contribution in [3.05, 3.63) is 86.0 Å². The Bertz CT molecular complexity index is 586. The van der Waals surface area contributed by atoms with Gasteiger partial charge in [0.25, 0.3) is 0 Å². The number of allylic oxidation sites excluding steroid dienone is 16. The van der Waals surface area contributed by atoms with Gasteiger partial charge in [-0.15, -0.1) is 0 Å². The van der Waals surface area contributed by atoms with Gasteiger partial charge in [0.05, 0.1) is 0 Å². The summed E-state index contributed by atoms with van der Waals surface area (Å²) >= 11 is -2.83. The normalized spacial score (nSPS) is 20.2. The van der Waals surface area contributed by atoms with E-state index in [1.807, 2.05) is 0 Å². The second-order valence-corrected chi connectivity index (χ2v) is 16.0. The fourth-order valence-corrected chi connectivity index (χ4v) is 17.8. The molecule has 0 saturated heterocycles. The summed E-state index contributed by atoms with van der Waals surface area (Å²) in [5.41, 5.74) is 0. The molecular weight excluding hydrogens is 402 g/mol. The van der Waals surface area contributed by atoms with Crippen LogP contribution in [0.2, 0.25) is 0 Å². The van der Waals surface area contributed by atoms with Gasteiger partial charge in [-0.1, -0.05) is 0 Å². The van der Waals surface area contributed by atoms with Crippen molar-refractivity contribution in [1.29, 1.82) is 0 Å². The molecule has 23 heavy (non-hydrogen) atoms. The van der Waals surface area contributed by atoms with Gasteiger partial charge in [0.2, 0.25) is 0 Å². The maximum absolute atomic E-state index is 2.83. The summed E-state index contributed by atoms with van der Waals surface area (Å²) in [6, 6.07) is 0. The summed E-state index contributed by atoms with van der Waals surface area (Å²) in [6.45, 7) is 0. The van der Waals surface area contributed by atoms with Crippen LogP contribution in [0.25, 0.3) is 0 Å². The second-order valence-electron chi connectivity index (χ2n) is 6.05. The Balaban J connectivity index is 0.000000960. The molecule has 0 N–H and O–H groups in total. The summed E-state index contributed by atoms with van der Waals surface area (Å²) in [6.07, 6.45) is 32.9. The van der Waals surface area contributed by atoms with E-state index in [0.29, 0.717) is 0 Å². The maximum Gasteiger partial charge on any atom is -1.00 e. The average molecular weight is 423 g/mol. The molecule has 0 aromatic rings. The first-order valence-corrected chi connectivity index (χ1v) is 12.8. The third-order valence-electron chi connectivity index (χ3n) is 5.01. The van der Waals surface area contributed by atoms with E-state index < -0.39 is 20.3 Å². The van der Waals surface area contributed by atoms with Crippen LogP contribution in [0.4, 0.5) is 0 Å². The van der Waals surface area contributed by atoms with Gasteiger partial charge in [-0.3, -0.25) is 0 Å². The molecule has 0 radical (unpaired) electrons. The van der Waals surface area contributed by atoms with E-state index in [4.69, 9.17) is 0 Å². The van der Waals surface area contributed by atoms with Crippen LogP contribution >= 0.6 is 0 Å². The summed E-state index contributed by atoms with van der Waals surface area (Å²) in [4.78, 5) is 0. The maximum atomic E-state index is 2.44. The zero-order valence-corrected chi connectivity index (χ0v) is 17.0. The van der Waals surface area contributed by atoms with Crippen LogP contribution in [-0.2, 0) is 20.3 Å². The molecule has 0 aromatic carbocycles. The Hall–Kier alpha value is -0.617. The van der Waals surface area contributed by atoms with Crippen LogP contribution in [0, 0.1) is 0 Å². The average Bonchev–Trinajstić information content (AvgIpc) is 3.32. The molecule has 0 amide bonds. The number of halogens is 2. The summed E-state index contributed by atoms with van der Waals surface area (Å²) < 4.78 is 7.02. The molecule has 0 aliphatic heterocycles. The van der Waals surface area contributed by atoms with Crippen LogP contribution < -0.4 is 24.8 Å². The van der Waals surface area contributed by atoms with E-state index in [0.717, 1.165) is 0 Å². The fourth-order valence-electron chi connectivity index (χ4n) is 4.14. The van der Waals surface area contributed by atoms with Gasteiger partial charge < -0.3 is 24.8 Å². The van der Waals surface area contributed by atoms with Gasteiger partial charge >= 0.3 is 132 Å². The van der Waals surface area contributed by atoms with Crippen molar-refractivity contribution in [1.82, 2.24) is 0 Å². The fraction of sp³-hybridized carbons (Fsp3) is 0.200. The Labute approximate surface area is 156 Å². The van der Waals surface area contributed by atoms with Gasteiger partial charge in [0, 0.05) is 0 Å². The van der Waals surface area contributed by atoms with Crippen molar-refractivity contribution in [3.8, 4) is 0 Å². The van der Waals surface area contributed by atoms with E-state index in [2.05, 4.69) is 72.9 Å². The van der Waals surface area contributed by atoms with Crippen LogP contribution in [0.15, 0.2) is 86.0 Å². The Morgan fingerprint density at radius 2 is 0.739 bits per heavy atom. The van der Waals surface area contributed by atoms with E-state index in [1.165, 1.54) is 25.7 Å². The molecule has 3 heteroatoms. The minimum atomic E-state index is -2.83. The van der Waals surface area contributed by atoms with Crippen molar-refractivity contribution in [2.24, 2.45) is 0 Å². The van der Waals surface area contributed by atoms with Gasteiger partial charge in [0.1, 0.15) is 0 Å². The quantitative estimate of drug-likeness (QED) is 0.575. The van der Waals surface area contributed by atoms with Gasteiger partial charge in [-0.25, -0.2) is 0 Å². The van der Waals surface area contributed by atoms with Crippen LogP contribution in [-0.4, -0.2) is 0 Å². The minimum absolute atomic E-state index is 0. The molecule has 4 aliphatic rings. The predicted octanol–water partition coefficient (Wildman–Crippen LogP) is -0.476. The molecule has 0 aromatic heterocycles. The molecular formula is C20H20Cl2Zr. The Morgan fingerprint density at radius 3 is 0.913 bits per heavy atom. The first-order valence-electron chi connectivity index (χ1n) is 7.87. The van der Waals surface area contributed by atoms with E-state index in [-0.39, 0.29) is 24.8 Å². The molecule has 0 fully saturated rings. The van der Waals surface area contributed by atoms with Crippen molar-refractivity contribution < 1.29 is 45.1 Å². The Kier molecular flexibility index (Phi) is 6.49. The van der Waals surface area contributed by atoms with Crippen molar-refractivity contribution in [3.63, 3.8) is 0 Å². The second kappa shape index (κ2) is 7.97. The standard InChI is InChI=1S/4C5H5.2ClH.Zr/c4*1-2-4-5-3-1;;;/h4*1-3H,4H2;2*1H;/q;;;;;;+2/p-2.